The van der Waals surface area contributed by atoms with Crippen LogP contribution >= 0.6 is 11.3 Å². The Morgan fingerprint density at radius 3 is 2.80 bits per heavy atom. The zero-order chi connectivity index (χ0) is 23.9. The number of halogens is 2. The van der Waals surface area contributed by atoms with E-state index in [0.717, 1.165) is 33.9 Å². The lowest BCUT2D eigenvalue weighted by Crippen LogP contribution is -2.11. The SMILES string of the molecule is CCNCc1cncc(-c2ccc3[nH]nc(-c4nc5nccc(-c6ccc(F)s6)c5[nH]4)c3c2F)c1. The molecule has 0 fully saturated rings. The summed E-state index contributed by atoms with van der Waals surface area (Å²) >= 11 is 1.04. The van der Waals surface area contributed by atoms with E-state index in [9.17, 15) is 4.39 Å². The molecule has 0 saturated carbocycles. The van der Waals surface area contributed by atoms with Gasteiger partial charge in [0.2, 0.25) is 0 Å². The van der Waals surface area contributed by atoms with Crippen molar-refractivity contribution >= 4 is 33.4 Å². The summed E-state index contributed by atoms with van der Waals surface area (Å²) in [6.45, 7) is 3.51. The monoisotopic (exact) mass is 487 g/mol. The Balaban J connectivity index is 1.48. The van der Waals surface area contributed by atoms with E-state index in [0.29, 0.717) is 51.3 Å². The molecule has 0 amide bonds. The van der Waals surface area contributed by atoms with E-state index in [-0.39, 0.29) is 5.13 Å². The number of H-pyrrole nitrogens is 2. The van der Waals surface area contributed by atoms with Crippen molar-refractivity contribution in [3.8, 4) is 33.1 Å². The first-order chi connectivity index (χ1) is 17.1. The number of thiophene rings is 1. The van der Waals surface area contributed by atoms with Crippen molar-refractivity contribution in [3.05, 3.63) is 71.5 Å². The summed E-state index contributed by atoms with van der Waals surface area (Å²) < 4.78 is 29.6. The van der Waals surface area contributed by atoms with Crippen LogP contribution in [0, 0.1) is 10.9 Å². The number of benzene rings is 1. The summed E-state index contributed by atoms with van der Waals surface area (Å²) in [5.74, 6) is -0.0408. The van der Waals surface area contributed by atoms with Gasteiger partial charge in [-0.3, -0.25) is 10.1 Å². The lowest BCUT2D eigenvalue weighted by molar-refractivity contribution is 0.643. The molecule has 174 valence electrons. The average molecular weight is 488 g/mol. The first-order valence-corrected chi connectivity index (χ1v) is 11.9. The third kappa shape index (κ3) is 3.76. The van der Waals surface area contributed by atoms with Crippen LogP contribution in [0.3, 0.4) is 0 Å². The number of fused-ring (bicyclic) bond motifs is 2. The number of rotatable bonds is 6. The van der Waals surface area contributed by atoms with Gasteiger partial charge in [0.25, 0.3) is 0 Å². The minimum absolute atomic E-state index is 0.276. The second kappa shape index (κ2) is 8.64. The van der Waals surface area contributed by atoms with Crippen molar-refractivity contribution in [1.82, 2.24) is 35.5 Å². The molecule has 6 aromatic rings. The molecule has 7 nitrogen and oxygen atoms in total. The van der Waals surface area contributed by atoms with Crippen LogP contribution in [0.2, 0.25) is 0 Å². The van der Waals surface area contributed by atoms with Gasteiger partial charge in [-0.05, 0) is 48.5 Å². The smallest absolute Gasteiger partial charge is 0.178 e. The average Bonchev–Trinajstić information content (AvgIpc) is 3.60. The highest BCUT2D eigenvalue weighted by Gasteiger charge is 2.21. The number of nitrogens with one attached hydrogen (secondary N) is 3. The fourth-order valence-electron chi connectivity index (χ4n) is 4.16. The van der Waals surface area contributed by atoms with Crippen molar-refractivity contribution in [2.45, 2.75) is 13.5 Å². The van der Waals surface area contributed by atoms with Crippen molar-refractivity contribution < 1.29 is 8.78 Å². The fourth-order valence-corrected chi connectivity index (χ4v) is 4.92. The Hall–Kier alpha value is -4.02. The molecule has 3 N–H and O–H groups in total. The Labute approximate surface area is 202 Å². The highest BCUT2D eigenvalue weighted by atomic mass is 32.1. The predicted molar refractivity (Wildman–Crippen MR) is 133 cm³/mol. The Bertz CT molecular complexity index is 1680. The Kier molecular flexibility index (Phi) is 5.31. The third-order valence-corrected chi connectivity index (χ3v) is 6.71. The Morgan fingerprint density at radius 2 is 1.97 bits per heavy atom. The van der Waals surface area contributed by atoms with E-state index in [2.05, 4.69) is 35.5 Å². The van der Waals surface area contributed by atoms with Gasteiger partial charge in [-0.15, -0.1) is 11.3 Å². The molecule has 6 rings (SSSR count). The fraction of sp³-hybridized carbons (Fsp3) is 0.120. The zero-order valence-electron chi connectivity index (χ0n) is 18.6. The van der Waals surface area contributed by atoms with Gasteiger partial charge in [0.1, 0.15) is 11.5 Å². The van der Waals surface area contributed by atoms with E-state index in [1.807, 2.05) is 13.0 Å². The van der Waals surface area contributed by atoms with E-state index < -0.39 is 5.82 Å². The van der Waals surface area contributed by atoms with Crippen molar-refractivity contribution in [2.75, 3.05) is 6.54 Å². The maximum Gasteiger partial charge on any atom is 0.178 e. The minimum Gasteiger partial charge on any atom is -0.335 e. The van der Waals surface area contributed by atoms with E-state index in [4.69, 9.17) is 0 Å². The maximum atomic E-state index is 15.9. The van der Waals surface area contributed by atoms with Crippen LogP contribution in [0.15, 0.2) is 55.0 Å². The van der Waals surface area contributed by atoms with Crippen LogP contribution in [0.4, 0.5) is 8.78 Å². The van der Waals surface area contributed by atoms with Gasteiger partial charge in [0.05, 0.1) is 16.4 Å². The van der Waals surface area contributed by atoms with Gasteiger partial charge in [0, 0.05) is 46.7 Å². The minimum atomic E-state index is -0.414. The largest absolute Gasteiger partial charge is 0.335 e. The van der Waals surface area contributed by atoms with Gasteiger partial charge in [0.15, 0.2) is 16.6 Å². The molecule has 1 aromatic carbocycles. The van der Waals surface area contributed by atoms with Crippen LogP contribution in [-0.2, 0) is 6.54 Å². The number of hydrogen-bond acceptors (Lipinski definition) is 6. The number of nitrogens with zero attached hydrogens (tertiary/aromatic N) is 4. The van der Waals surface area contributed by atoms with Crippen LogP contribution < -0.4 is 5.32 Å². The van der Waals surface area contributed by atoms with E-state index >= 15 is 4.39 Å². The van der Waals surface area contributed by atoms with Crippen LogP contribution in [-0.4, -0.2) is 36.7 Å². The lowest BCUT2D eigenvalue weighted by Gasteiger charge is -2.07. The molecule has 0 aliphatic rings. The summed E-state index contributed by atoms with van der Waals surface area (Å²) in [5.41, 5.74) is 4.82. The molecule has 0 atom stereocenters. The summed E-state index contributed by atoms with van der Waals surface area (Å²) in [5, 5.41) is 10.5. The summed E-state index contributed by atoms with van der Waals surface area (Å²) in [4.78, 5) is 17.2. The predicted octanol–water partition coefficient (Wildman–Crippen LogP) is 5.68. The molecule has 0 unspecified atom stereocenters. The third-order valence-electron chi connectivity index (χ3n) is 5.81. The van der Waals surface area contributed by atoms with E-state index in [1.165, 1.54) is 6.07 Å². The van der Waals surface area contributed by atoms with Crippen molar-refractivity contribution in [2.24, 2.45) is 0 Å². The summed E-state index contributed by atoms with van der Waals surface area (Å²) in [6, 6.07) is 10.4. The summed E-state index contributed by atoms with van der Waals surface area (Å²) in [7, 11) is 0. The molecule has 5 aromatic heterocycles. The number of aromatic nitrogens is 6. The molecule has 5 heterocycles. The van der Waals surface area contributed by atoms with Gasteiger partial charge in [-0.25, -0.2) is 14.4 Å². The van der Waals surface area contributed by atoms with Gasteiger partial charge < -0.3 is 10.3 Å². The quantitative estimate of drug-likeness (QED) is 0.281. The van der Waals surface area contributed by atoms with Gasteiger partial charge in [-0.1, -0.05) is 6.92 Å². The second-order valence-corrected chi connectivity index (χ2v) is 9.06. The lowest BCUT2D eigenvalue weighted by atomic mass is 10.0. The van der Waals surface area contributed by atoms with E-state index in [1.54, 1.807) is 42.9 Å². The molecule has 10 heteroatoms. The Morgan fingerprint density at radius 1 is 1.06 bits per heavy atom. The molecule has 0 spiro atoms. The normalized spacial score (nSPS) is 11.6. The first-order valence-electron chi connectivity index (χ1n) is 11.0. The van der Waals surface area contributed by atoms with Gasteiger partial charge >= 0.3 is 0 Å². The standard InChI is InChI=1S/C25H19F2N7S/c1-2-28-10-13-9-14(12-29-11-13)15-3-4-17-20(21(15)27)23(34-33-17)25-31-22-16(7-8-30-24(22)32-25)18-5-6-19(26)35-18/h3-9,11-12,28H,2,10H2,1H3,(H,33,34)(H,30,31,32). The molecular formula is C25H19F2N7S. The molecule has 0 aliphatic heterocycles. The summed E-state index contributed by atoms with van der Waals surface area (Å²) in [6.07, 6.45) is 5.04. The van der Waals surface area contributed by atoms with Crippen molar-refractivity contribution in [1.29, 1.82) is 0 Å². The molecule has 0 radical (unpaired) electrons. The maximum absolute atomic E-state index is 15.9. The zero-order valence-corrected chi connectivity index (χ0v) is 19.4. The first kappa shape index (κ1) is 21.5. The number of hydrogen-bond donors (Lipinski definition) is 3. The second-order valence-electron chi connectivity index (χ2n) is 8.03. The molecule has 0 saturated heterocycles. The molecule has 0 bridgehead atoms. The van der Waals surface area contributed by atoms with Crippen molar-refractivity contribution in [3.63, 3.8) is 0 Å². The number of imidazole rings is 1. The van der Waals surface area contributed by atoms with Crippen LogP contribution in [0.5, 0.6) is 0 Å². The molecular weight excluding hydrogens is 468 g/mol. The highest BCUT2D eigenvalue weighted by Crippen LogP contribution is 2.36. The molecule has 0 aliphatic carbocycles. The molecule has 35 heavy (non-hydrogen) atoms. The topological polar surface area (TPSA) is 95.2 Å². The van der Waals surface area contributed by atoms with Crippen LogP contribution in [0.25, 0.3) is 55.2 Å². The number of aromatic amines is 2. The van der Waals surface area contributed by atoms with Gasteiger partial charge in [-0.2, -0.15) is 9.49 Å². The number of pyridine rings is 2. The van der Waals surface area contributed by atoms with Crippen LogP contribution in [0.1, 0.15) is 12.5 Å². The highest BCUT2D eigenvalue weighted by molar-refractivity contribution is 7.14.